The maximum atomic E-state index is 12.6. The summed E-state index contributed by atoms with van der Waals surface area (Å²) in [5.41, 5.74) is 7.41. The minimum atomic E-state index is -0.135. The predicted octanol–water partition coefficient (Wildman–Crippen LogP) is 2.20. The third kappa shape index (κ3) is 4.97. The summed E-state index contributed by atoms with van der Waals surface area (Å²) in [5.74, 6) is 0.856. The first-order valence-electron chi connectivity index (χ1n) is 9.05. The van der Waals surface area contributed by atoms with Crippen LogP contribution in [0.1, 0.15) is 48.3 Å². The number of halogens is 2. The molecular formula is C18H26Cl2N6O. The maximum Gasteiger partial charge on any atom is 0.273 e. The van der Waals surface area contributed by atoms with E-state index in [4.69, 9.17) is 5.73 Å². The van der Waals surface area contributed by atoms with Gasteiger partial charge >= 0.3 is 0 Å². The number of amides is 1. The highest BCUT2D eigenvalue weighted by Crippen LogP contribution is 2.39. The molecule has 2 aromatic rings. The van der Waals surface area contributed by atoms with E-state index in [1.54, 1.807) is 17.1 Å². The number of nitrogens with two attached hydrogens (primary N) is 1. The second kappa shape index (κ2) is 9.48. The summed E-state index contributed by atoms with van der Waals surface area (Å²) in [6.45, 7) is 0.505. The number of aromatic nitrogens is 4. The van der Waals surface area contributed by atoms with Crippen LogP contribution in [0.15, 0.2) is 30.6 Å². The van der Waals surface area contributed by atoms with Crippen LogP contribution < -0.4 is 11.1 Å². The summed E-state index contributed by atoms with van der Waals surface area (Å²) in [6, 6.07) is 6.23. The van der Waals surface area contributed by atoms with Crippen molar-refractivity contribution < 1.29 is 4.79 Å². The summed E-state index contributed by atoms with van der Waals surface area (Å²) < 4.78 is 1.65. The number of hydrogen-bond donors (Lipinski definition) is 2. The molecule has 0 aliphatic heterocycles. The average molecular weight is 413 g/mol. The number of pyridine rings is 1. The second-order valence-electron chi connectivity index (χ2n) is 7.30. The molecule has 2 saturated carbocycles. The van der Waals surface area contributed by atoms with Gasteiger partial charge in [0.15, 0.2) is 5.69 Å². The van der Waals surface area contributed by atoms with Crippen molar-refractivity contribution in [3.05, 3.63) is 42.0 Å². The topological polar surface area (TPSA) is 98.7 Å². The van der Waals surface area contributed by atoms with E-state index in [1.165, 1.54) is 6.42 Å². The molecule has 2 aliphatic carbocycles. The van der Waals surface area contributed by atoms with Crippen LogP contribution in [0.4, 0.5) is 0 Å². The van der Waals surface area contributed by atoms with Gasteiger partial charge in [0.1, 0.15) is 0 Å². The standard InChI is InChI=1S/C18H24N6O.2ClH/c19-14-8-12-4-3-5-13(9-14)17(12)21-18(25)16-11-24(23-22-16)10-15-6-1-2-7-20-15;;/h1-2,6-7,11-14,17H,3-5,8-10,19H2,(H,21,25);2*1H. The summed E-state index contributed by atoms with van der Waals surface area (Å²) in [7, 11) is 0. The van der Waals surface area contributed by atoms with Gasteiger partial charge in [-0.2, -0.15) is 0 Å². The van der Waals surface area contributed by atoms with Gasteiger partial charge in [-0.25, -0.2) is 4.68 Å². The van der Waals surface area contributed by atoms with Crippen molar-refractivity contribution >= 4 is 30.7 Å². The Morgan fingerprint density at radius 2 is 1.96 bits per heavy atom. The fourth-order valence-corrected chi connectivity index (χ4v) is 4.39. The Hall–Kier alpha value is -1.70. The van der Waals surface area contributed by atoms with Gasteiger partial charge in [-0.3, -0.25) is 9.78 Å². The number of carbonyl (C=O) groups is 1. The smallest absolute Gasteiger partial charge is 0.273 e. The minimum absolute atomic E-state index is 0. The van der Waals surface area contributed by atoms with Crippen molar-refractivity contribution in [1.82, 2.24) is 25.3 Å². The van der Waals surface area contributed by atoms with Gasteiger partial charge in [0.05, 0.1) is 18.4 Å². The molecule has 148 valence electrons. The fourth-order valence-electron chi connectivity index (χ4n) is 4.39. The van der Waals surface area contributed by atoms with Gasteiger partial charge in [-0.05, 0) is 49.7 Å². The van der Waals surface area contributed by atoms with E-state index in [0.717, 1.165) is 31.4 Å². The molecule has 7 nitrogen and oxygen atoms in total. The van der Waals surface area contributed by atoms with Crippen LogP contribution in [0.2, 0.25) is 0 Å². The molecule has 0 radical (unpaired) electrons. The molecule has 2 unspecified atom stereocenters. The number of fused-ring (bicyclic) bond motifs is 2. The molecule has 0 spiro atoms. The summed E-state index contributed by atoms with van der Waals surface area (Å²) >= 11 is 0. The van der Waals surface area contributed by atoms with E-state index >= 15 is 0 Å². The van der Waals surface area contributed by atoms with E-state index in [9.17, 15) is 4.79 Å². The quantitative estimate of drug-likeness (QED) is 0.801. The zero-order chi connectivity index (χ0) is 17.2. The number of rotatable bonds is 4. The van der Waals surface area contributed by atoms with Gasteiger partial charge in [0.2, 0.25) is 0 Å². The highest BCUT2D eigenvalue weighted by atomic mass is 35.5. The summed E-state index contributed by atoms with van der Waals surface area (Å²) in [5, 5.41) is 11.3. The van der Waals surface area contributed by atoms with Crippen molar-refractivity contribution in [3.8, 4) is 0 Å². The Morgan fingerprint density at radius 3 is 2.63 bits per heavy atom. The first-order valence-corrected chi connectivity index (χ1v) is 9.05. The molecule has 9 heteroatoms. The highest BCUT2D eigenvalue weighted by Gasteiger charge is 2.40. The van der Waals surface area contributed by atoms with Gasteiger partial charge in [0.25, 0.3) is 5.91 Å². The Balaban J connectivity index is 0.00000131. The van der Waals surface area contributed by atoms with Crippen molar-refractivity contribution in [1.29, 1.82) is 0 Å². The van der Waals surface area contributed by atoms with Crippen LogP contribution in [-0.4, -0.2) is 38.0 Å². The lowest BCUT2D eigenvalue weighted by atomic mass is 9.67. The van der Waals surface area contributed by atoms with Crippen molar-refractivity contribution in [2.24, 2.45) is 17.6 Å². The largest absolute Gasteiger partial charge is 0.347 e. The Labute approximate surface area is 171 Å². The van der Waals surface area contributed by atoms with Crippen LogP contribution >= 0.6 is 24.8 Å². The first kappa shape index (κ1) is 21.6. The van der Waals surface area contributed by atoms with E-state index in [-0.39, 0.29) is 42.8 Å². The van der Waals surface area contributed by atoms with Crippen LogP contribution in [0.5, 0.6) is 0 Å². The molecule has 2 aliphatic rings. The number of hydrogen-bond acceptors (Lipinski definition) is 5. The molecule has 0 aromatic carbocycles. The molecule has 2 heterocycles. The van der Waals surface area contributed by atoms with Gasteiger partial charge < -0.3 is 11.1 Å². The van der Waals surface area contributed by atoms with Gasteiger partial charge in [-0.1, -0.05) is 17.7 Å². The van der Waals surface area contributed by atoms with Crippen molar-refractivity contribution in [2.75, 3.05) is 0 Å². The lowest BCUT2D eigenvalue weighted by Gasteiger charge is -2.45. The van der Waals surface area contributed by atoms with Crippen LogP contribution in [0.3, 0.4) is 0 Å². The van der Waals surface area contributed by atoms with Gasteiger partial charge in [0, 0.05) is 18.3 Å². The molecule has 27 heavy (non-hydrogen) atoms. The summed E-state index contributed by atoms with van der Waals surface area (Å²) in [6.07, 6.45) is 9.00. The molecule has 2 aromatic heterocycles. The summed E-state index contributed by atoms with van der Waals surface area (Å²) in [4.78, 5) is 16.9. The molecule has 2 bridgehead atoms. The van der Waals surface area contributed by atoms with E-state index in [2.05, 4.69) is 20.6 Å². The predicted molar refractivity (Wildman–Crippen MR) is 107 cm³/mol. The Bertz CT molecular complexity index is 726. The Kier molecular flexibility index (Phi) is 7.59. The van der Waals surface area contributed by atoms with Crippen LogP contribution in [0, 0.1) is 11.8 Å². The SMILES string of the molecule is Cl.Cl.NC1CC2CCCC(C1)C2NC(=O)c1cn(Cc2ccccn2)nn1. The van der Waals surface area contributed by atoms with Crippen molar-refractivity contribution in [3.63, 3.8) is 0 Å². The lowest BCUT2D eigenvalue weighted by molar-refractivity contribution is 0.0751. The lowest BCUT2D eigenvalue weighted by Crippen LogP contribution is -2.53. The fraction of sp³-hybridized carbons (Fsp3) is 0.556. The second-order valence-corrected chi connectivity index (χ2v) is 7.30. The number of nitrogens with one attached hydrogen (secondary N) is 1. The molecule has 2 fully saturated rings. The minimum Gasteiger partial charge on any atom is -0.347 e. The zero-order valence-electron chi connectivity index (χ0n) is 15.0. The third-order valence-corrected chi connectivity index (χ3v) is 5.50. The molecular weight excluding hydrogens is 387 g/mol. The molecule has 4 rings (SSSR count). The van der Waals surface area contributed by atoms with Crippen LogP contribution in [-0.2, 0) is 6.54 Å². The third-order valence-electron chi connectivity index (χ3n) is 5.50. The van der Waals surface area contributed by atoms with Crippen LogP contribution in [0.25, 0.3) is 0 Å². The van der Waals surface area contributed by atoms with E-state index < -0.39 is 0 Å². The molecule has 0 saturated heterocycles. The first-order chi connectivity index (χ1) is 12.2. The van der Waals surface area contributed by atoms with Crippen molar-refractivity contribution in [2.45, 2.75) is 50.7 Å². The van der Waals surface area contributed by atoms with Gasteiger partial charge in [-0.15, -0.1) is 29.9 Å². The maximum absolute atomic E-state index is 12.6. The molecule has 1 amide bonds. The molecule has 2 atom stereocenters. The number of carbonyl (C=O) groups excluding carboxylic acids is 1. The Morgan fingerprint density at radius 1 is 1.22 bits per heavy atom. The number of nitrogens with zero attached hydrogens (tertiary/aromatic N) is 4. The highest BCUT2D eigenvalue weighted by molar-refractivity contribution is 5.92. The average Bonchev–Trinajstić information content (AvgIpc) is 3.05. The van der Waals surface area contributed by atoms with E-state index in [0.29, 0.717) is 24.1 Å². The van der Waals surface area contributed by atoms with E-state index in [1.807, 2.05) is 18.2 Å². The zero-order valence-corrected chi connectivity index (χ0v) is 16.7. The molecule has 3 N–H and O–H groups in total. The monoisotopic (exact) mass is 412 g/mol. The normalized spacial score (nSPS) is 26.4.